The van der Waals surface area contributed by atoms with Gasteiger partial charge in [0, 0.05) is 13.0 Å². The van der Waals surface area contributed by atoms with Crippen molar-refractivity contribution in [1.82, 2.24) is 0 Å². The number of amides is 1. The number of carbonyl (C=O) groups is 2. The molecule has 0 unspecified atom stereocenters. The fourth-order valence-electron chi connectivity index (χ4n) is 5.59. The molecule has 0 aliphatic heterocycles. The van der Waals surface area contributed by atoms with Crippen LogP contribution >= 0.6 is 25.0 Å². The van der Waals surface area contributed by atoms with Gasteiger partial charge in [-0.1, -0.05) is 17.7 Å². The summed E-state index contributed by atoms with van der Waals surface area (Å²) >= 11 is 4.33. The van der Waals surface area contributed by atoms with E-state index < -0.39 is 111 Å². The number of aryl methyl sites for hydroxylation is 1. The summed E-state index contributed by atoms with van der Waals surface area (Å²) in [5.74, 6) is -3.13. The van der Waals surface area contributed by atoms with E-state index in [1.165, 1.54) is 50.4 Å². The summed E-state index contributed by atoms with van der Waals surface area (Å²) in [6.45, 7) is 1.48. The third kappa shape index (κ3) is 16.7. The maximum atomic E-state index is 13.1. The van der Waals surface area contributed by atoms with Crippen molar-refractivity contribution in [2.45, 2.75) is 23.6 Å². The highest BCUT2D eigenvalue weighted by atomic mass is 32.3. The molecule has 394 valence electrons. The number of nitrogen functional groups attached to an aromatic ring is 2. The number of aromatic carboxylic acids is 1. The summed E-state index contributed by atoms with van der Waals surface area (Å²) < 4.78 is 110. The minimum atomic E-state index is -5.31. The minimum Gasteiger partial charge on any atom is -0.494 e. The third-order valence-electron chi connectivity index (χ3n) is 8.86. The normalized spacial score (nSPS) is 12.4. The number of methoxy groups -OCH3 is 1. The van der Waals surface area contributed by atoms with Gasteiger partial charge in [0.05, 0.1) is 64.8 Å². The van der Waals surface area contributed by atoms with E-state index in [2.05, 4.69) is 86.7 Å². The molecule has 30 nitrogen and oxygen atoms in total. The fraction of sp³-hybridized carbons (Fsp3) is 0.179. The molecule has 5 rings (SSSR count). The second-order valence-electron chi connectivity index (χ2n) is 14.0. The molecule has 8 N–H and O–H groups in total. The first kappa shape index (κ1) is 57.8. The number of nitrogens with one attached hydrogen (secondary N) is 1. The minimum absolute atomic E-state index is 0.00922. The number of hydrogen-bond donors (Lipinski definition) is 7. The lowest BCUT2D eigenvalue weighted by Crippen LogP contribution is -2.16. The van der Waals surface area contributed by atoms with Gasteiger partial charge in [-0.2, -0.15) is 41.2 Å². The van der Waals surface area contributed by atoms with Crippen LogP contribution in [0.25, 0.3) is 0 Å². The Morgan fingerprint density at radius 2 is 1.34 bits per heavy atom. The van der Waals surface area contributed by atoms with Gasteiger partial charge >= 0.3 is 16.4 Å². The second kappa shape index (κ2) is 26.2. The zero-order valence-corrected chi connectivity index (χ0v) is 42.2. The summed E-state index contributed by atoms with van der Waals surface area (Å²) in [4.78, 5) is 37.8. The summed E-state index contributed by atoms with van der Waals surface area (Å²) in [5.41, 5.74) is 9.56. The largest absolute Gasteiger partial charge is 0.494 e. The van der Waals surface area contributed by atoms with Gasteiger partial charge in [0.2, 0.25) is 12.7 Å². The SMILES string of the molecule is COc1cc(/N=N/c2ccc(OOOCOOSCOS)cc2)c(NC(C)=O)cc1/N=N/c1c(N)c(/N=N/c2ccc(S(=O)(=O)CCOS(=O)(=O)O)cc2S(=O)(=O)O)c(N)c(/N=N/c2ccc(C)cc2)c1C(=O)O. The van der Waals surface area contributed by atoms with Gasteiger partial charge in [0.1, 0.15) is 56.3 Å². The number of nitrogens with two attached hydrogens (primary N) is 2. The van der Waals surface area contributed by atoms with Gasteiger partial charge in [-0.3, -0.25) is 13.9 Å². The average molecular weight is 1130 g/mol. The molecule has 1 amide bonds. The van der Waals surface area contributed by atoms with E-state index >= 15 is 0 Å². The van der Waals surface area contributed by atoms with Gasteiger partial charge in [0.25, 0.3) is 10.1 Å². The first-order chi connectivity index (χ1) is 35.0. The number of sulfone groups is 1. The molecule has 0 spiro atoms. The molecule has 5 aromatic rings. The van der Waals surface area contributed by atoms with Crippen molar-refractivity contribution in [2.24, 2.45) is 40.9 Å². The van der Waals surface area contributed by atoms with Crippen LogP contribution in [0, 0.1) is 6.92 Å². The number of carbonyl (C=O) groups excluding carboxylic acids is 1. The lowest BCUT2D eigenvalue weighted by molar-refractivity contribution is -0.502. The Kier molecular flexibility index (Phi) is 20.4. The van der Waals surface area contributed by atoms with Gasteiger partial charge < -0.3 is 35.7 Å². The number of benzene rings is 5. The van der Waals surface area contributed by atoms with Crippen LogP contribution in [-0.2, 0) is 62.7 Å². The molecule has 0 atom stereocenters. The highest BCUT2D eigenvalue weighted by molar-refractivity contribution is 7.94. The lowest BCUT2D eigenvalue weighted by Gasteiger charge is -2.14. The smallest absolute Gasteiger partial charge is 0.397 e. The Bertz CT molecular complexity index is 3330. The molecule has 5 aromatic carbocycles. The number of anilines is 3. The molecule has 0 aliphatic rings. The predicted octanol–water partition coefficient (Wildman–Crippen LogP) is 8.94. The number of rotatable bonds is 26. The van der Waals surface area contributed by atoms with E-state index in [0.29, 0.717) is 11.8 Å². The number of ether oxygens (including phenoxy) is 1. The molecule has 0 bridgehead atoms. The molecule has 74 heavy (non-hydrogen) atoms. The summed E-state index contributed by atoms with van der Waals surface area (Å²) in [6, 6.07) is 17.0. The molecular weight excluding hydrogens is 1090 g/mol. The zero-order valence-electron chi connectivity index (χ0n) is 38.0. The maximum absolute atomic E-state index is 13.1. The molecule has 0 aliphatic carbocycles. The van der Waals surface area contributed by atoms with Crippen LogP contribution in [-0.4, -0.2) is 83.5 Å². The average Bonchev–Trinajstić information content (AvgIpc) is 3.33. The van der Waals surface area contributed by atoms with E-state index in [0.717, 1.165) is 29.7 Å². The van der Waals surface area contributed by atoms with Crippen LogP contribution in [0.3, 0.4) is 0 Å². The first-order valence-electron chi connectivity index (χ1n) is 19.9. The Balaban J connectivity index is 1.57. The van der Waals surface area contributed by atoms with Crippen molar-refractivity contribution in [2.75, 3.05) is 49.0 Å². The topological polar surface area (TPSA) is 434 Å². The zero-order chi connectivity index (χ0) is 54.2. The molecule has 0 saturated carbocycles. The van der Waals surface area contributed by atoms with Crippen molar-refractivity contribution in [1.29, 1.82) is 0 Å². The first-order valence-corrected chi connectivity index (χ1v) is 25.7. The predicted molar refractivity (Wildman–Crippen MR) is 262 cm³/mol. The Morgan fingerprint density at radius 3 is 1.93 bits per heavy atom. The maximum Gasteiger partial charge on any atom is 0.397 e. The number of carboxylic acid groups (broad SMARTS) is 1. The fourth-order valence-corrected chi connectivity index (χ4v) is 8.14. The number of carboxylic acids is 1. The highest BCUT2D eigenvalue weighted by Crippen LogP contribution is 2.50. The van der Waals surface area contributed by atoms with Crippen LogP contribution in [0.4, 0.5) is 62.6 Å². The highest BCUT2D eigenvalue weighted by Gasteiger charge is 2.28. The molecule has 0 saturated heterocycles. The number of azo groups is 4. The quantitative estimate of drug-likeness (QED) is 0.00312. The Morgan fingerprint density at radius 1 is 0.743 bits per heavy atom. The van der Waals surface area contributed by atoms with Crippen LogP contribution in [0.5, 0.6) is 11.5 Å². The van der Waals surface area contributed by atoms with Gasteiger partial charge in [0.15, 0.2) is 15.6 Å². The lowest BCUT2D eigenvalue weighted by atomic mass is 10.1. The van der Waals surface area contributed by atoms with Crippen LogP contribution in [0.15, 0.2) is 130 Å². The molecule has 0 fully saturated rings. The van der Waals surface area contributed by atoms with Crippen molar-refractivity contribution in [3.8, 4) is 11.5 Å². The molecule has 0 heterocycles. The van der Waals surface area contributed by atoms with Gasteiger partial charge in [-0.05, 0) is 85.5 Å². The molecule has 35 heteroatoms. The van der Waals surface area contributed by atoms with Crippen LogP contribution < -0.4 is 26.4 Å². The van der Waals surface area contributed by atoms with Crippen molar-refractivity contribution >= 4 is 130 Å². The third-order valence-corrected chi connectivity index (χ3v) is 12.6. The standard InChI is InChI=1S/C39H39N11O19S5/c1-21-4-6-23(7-5-21)44-48-36-33(39(52)53)37(35(41)38(34(36)40)50-45-27-13-12-26(16-32(27)73(56,57)58)72(54,55)15-14-66-74(59,60)61)49-47-30-17-28(42-22(2)51)29(18-31(30)62-3)46-43-24-8-10-25(11-9-24)67-68-63-19-64-69-71-20-65-70/h4-13,16-18,70H,14-15,19-20,40-41H2,1-3H3,(H,42,51)(H,52,53)(H,56,57,58)(H,59,60,61)/b46-43+,48-44+,49-47+,50-45+. The van der Waals surface area contributed by atoms with E-state index in [-0.39, 0.29) is 40.2 Å². The van der Waals surface area contributed by atoms with Crippen LogP contribution in [0.2, 0.25) is 0 Å². The second-order valence-corrected chi connectivity index (χ2v) is 19.5. The summed E-state index contributed by atoms with van der Waals surface area (Å²) in [6.07, 6.45) is 0. The van der Waals surface area contributed by atoms with Crippen molar-refractivity contribution < 1.29 is 86.2 Å². The van der Waals surface area contributed by atoms with Crippen molar-refractivity contribution in [3.05, 3.63) is 90.0 Å². The van der Waals surface area contributed by atoms with Gasteiger partial charge in [-0.15, -0.1) is 30.7 Å². The summed E-state index contributed by atoms with van der Waals surface area (Å²) in [5, 5.41) is 50.4. The Hall–Kier alpha value is -7.13. The van der Waals surface area contributed by atoms with Gasteiger partial charge in [-0.25, -0.2) is 17.4 Å². The van der Waals surface area contributed by atoms with E-state index in [1.807, 2.05) is 0 Å². The number of hydrogen-bond acceptors (Lipinski definition) is 28. The number of thiol groups is 1. The van der Waals surface area contributed by atoms with E-state index in [9.17, 15) is 44.5 Å². The molecule has 0 aromatic heterocycles. The van der Waals surface area contributed by atoms with E-state index in [1.54, 1.807) is 31.2 Å². The number of nitrogens with zero attached hydrogens (tertiary/aromatic N) is 8. The molecule has 0 radical (unpaired) electrons. The molecular formula is C39H39N11O19S5. The van der Waals surface area contributed by atoms with Crippen LogP contribution in [0.1, 0.15) is 22.8 Å². The Labute approximate surface area is 429 Å². The monoisotopic (exact) mass is 1130 g/mol. The summed E-state index contributed by atoms with van der Waals surface area (Å²) in [7, 11) is -13.6. The van der Waals surface area contributed by atoms with Crippen molar-refractivity contribution in [3.63, 3.8) is 0 Å². The van der Waals surface area contributed by atoms with E-state index in [4.69, 9.17) is 25.6 Å².